The lowest BCUT2D eigenvalue weighted by molar-refractivity contribution is -0.142. The highest BCUT2D eigenvalue weighted by Crippen LogP contribution is 2.46. The Bertz CT molecular complexity index is 1920. The number of benzene rings is 1. The maximum absolute atomic E-state index is 14.9. The summed E-state index contributed by atoms with van der Waals surface area (Å²) in [5, 5.41) is 14.7. The number of carbonyl (C=O) groups excluding carboxylic acids is 3. The fourth-order valence-corrected chi connectivity index (χ4v) is 8.92. The van der Waals surface area contributed by atoms with Gasteiger partial charge < -0.3 is 34.9 Å². The number of sulfonamides is 1. The molecule has 1 aromatic carbocycles. The summed E-state index contributed by atoms with van der Waals surface area (Å²) in [7, 11) is -1.22. The number of fused-ring (bicyclic) bond motifs is 3. The molecule has 3 fully saturated rings. The smallest absolute Gasteiger partial charge is 0.405 e. The zero-order valence-electron chi connectivity index (χ0n) is 30.1. The van der Waals surface area contributed by atoms with Crippen LogP contribution >= 0.6 is 0 Å². The predicted octanol–water partition coefficient (Wildman–Crippen LogP) is 3.26. The largest absolute Gasteiger partial charge is 0.494 e. The summed E-state index contributed by atoms with van der Waals surface area (Å²) in [5.41, 5.74) is -1.28. The number of aromatic nitrogens is 1. The van der Waals surface area contributed by atoms with Gasteiger partial charge >= 0.3 is 6.09 Å². The van der Waals surface area contributed by atoms with Gasteiger partial charge in [0.2, 0.25) is 27.7 Å². The first-order valence-corrected chi connectivity index (χ1v) is 19.5. The molecule has 7 atom stereocenters. The molecule has 53 heavy (non-hydrogen) atoms. The van der Waals surface area contributed by atoms with E-state index in [0.29, 0.717) is 44.0 Å². The summed E-state index contributed by atoms with van der Waals surface area (Å²) in [6, 6.07) is 1.59. The molecule has 3 heterocycles. The van der Waals surface area contributed by atoms with Crippen molar-refractivity contribution in [3.8, 4) is 17.4 Å². The fraction of sp³-hybridized carbons (Fsp3) is 0.583. The number of nitrogens with one attached hydrogen (secondary N) is 3. The van der Waals surface area contributed by atoms with Gasteiger partial charge in [-0.3, -0.25) is 19.1 Å². The molecule has 15 nitrogen and oxygen atoms in total. The van der Waals surface area contributed by atoms with Crippen LogP contribution in [0.15, 0.2) is 30.4 Å². The maximum Gasteiger partial charge on any atom is 0.405 e. The van der Waals surface area contributed by atoms with Crippen LogP contribution in [0.1, 0.15) is 65.2 Å². The highest BCUT2D eigenvalue weighted by Gasteiger charge is 2.62. The normalized spacial score (nSPS) is 29.8. The van der Waals surface area contributed by atoms with Gasteiger partial charge in [-0.15, -0.1) is 0 Å². The van der Waals surface area contributed by atoms with Crippen molar-refractivity contribution >= 4 is 44.7 Å². The minimum absolute atomic E-state index is 0.0499. The molecule has 2 aromatic rings. The molecule has 17 heteroatoms. The standard InChI is InChI=1S/C36H46FN5O10S/c1-5-20-12-19(2)8-6-7-9-21-17-36(21,34(45)41-53(48,49)23-10-11-23)40-32(43)27-13-22(18-42(27)33(44)31(20)39-35(46)47)52-28-16-30(51-4)38-26-15-29(50-3)25(37)14-24(26)28/h7,9,14-16,19-23,27,31,39H,5-6,8,10-13,17-18H2,1-4H3,(H,40,43)(H,41,45)(H,46,47)/b9-7-/t19-,20-,21-,22-,27+,31+,36-/m1/s1. The summed E-state index contributed by atoms with van der Waals surface area (Å²) in [6.45, 7) is 3.73. The van der Waals surface area contributed by atoms with E-state index in [9.17, 15) is 37.1 Å². The van der Waals surface area contributed by atoms with Crippen molar-refractivity contribution in [3.05, 3.63) is 36.2 Å². The number of halogens is 1. The van der Waals surface area contributed by atoms with E-state index < -0.39 is 80.5 Å². The molecule has 0 radical (unpaired) electrons. The van der Waals surface area contributed by atoms with Crippen molar-refractivity contribution in [1.29, 1.82) is 0 Å². The van der Waals surface area contributed by atoms with E-state index in [4.69, 9.17) is 14.2 Å². The maximum atomic E-state index is 14.9. The molecule has 0 unspecified atom stereocenters. The van der Waals surface area contributed by atoms with E-state index in [2.05, 4.69) is 20.3 Å². The van der Waals surface area contributed by atoms with Crippen molar-refractivity contribution in [3.63, 3.8) is 0 Å². The number of carbonyl (C=O) groups is 4. The molecule has 4 N–H and O–H groups in total. The van der Waals surface area contributed by atoms with Crippen molar-refractivity contribution < 1.29 is 51.3 Å². The molecule has 6 rings (SSSR count). The number of allylic oxidation sites excluding steroid dienone is 1. The van der Waals surface area contributed by atoms with Gasteiger partial charge in [-0.05, 0) is 56.4 Å². The van der Waals surface area contributed by atoms with E-state index in [1.165, 1.54) is 37.3 Å². The number of ether oxygens (including phenoxy) is 3. The molecule has 2 aliphatic carbocycles. The van der Waals surface area contributed by atoms with Gasteiger partial charge in [0.05, 0.1) is 31.5 Å². The quantitative estimate of drug-likeness (QED) is 0.274. The van der Waals surface area contributed by atoms with Gasteiger partial charge in [0.1, 0.15) is 29.5 Å². The summed E-state index contributed by atoms with van der Waals surface area (Å²) < 4.78 is 59.6. The van der Waals surface area contributed by atoms with E-state index >= 15 is 0 Å². The Balaban J connectivity index is 1.37. The van der Waals surface area contributed by atoms with Crippen LogP contribution < -0.4 is 29.6 Å². The molecule has 2 saturated carbocycles. The van der Waals surface area contributed by atoms with E-state index in [1.807, 2.05) is 26.0 Å². The minimum atomic E-state index is -3.94. The SMILES string of the molecule is CC[C@@H]1C[C@H](C)CC/C=C\[C@@H]2C[C@@]2(C(=O)NS(=O)(=O)C2CC2)NC(=O)[C@@H]2C[C@@H](Oc3cc(OC)nc4cc(OC)c(F)cc34)CN2C(=O)[C@H]1NC(=O)O. The van der Waals surface area contributed by atoms with Gasteiger partial charge in [-0.25, -0.2) is 22.6 Å². The van der Waals surface area contributed by atoms with Crippen molar-refractivity contribution in [2.75, 3.05) is 20.8 Å². The molecule has 2 aliphatic heterocycles. The average Bonchev–Trinajstić information content (AvgIpc) is 4.04. The molecule has 0 spiro atoms. The van der Waals surface area contributed by atoms with Crippen LogP contribution in [-0.2, 0) is 24.4 Å². The second-order valence-corrected chi connectivity index (χ2v) is 16.5. The molecular formula is C36H46FN5O10S. The number of hydrogen-bond acceptors (Lipinski definition) is 10. The lowest BCUT2D eigenvalue weighted by atomic mass is 9.85. The second-order valence-electron chi connectivity index (χ2n) is 14.5. The highest BCUT2D eigenvalue weighted by molar-refractivity contribution is 7.91. The van der Waals surface area contributed by atoms with E-state index in [1.54, 1.807) is 0 Å². The number of pyridine rings is 1. The Labute approximate surface area is 307 Å². The Hall–Kier alpha value is -4.67. The van der Waals surface area contributed by atoms with Crippen LogP contribution in [0.3, 0.4) is 0 Å². The Kier molecular flexibility index (Phi) is 10.8. The van der Waals surface area contributed by atoms with Gasteiger partial charge in [0.25, 0.3) is 5.91 Å². The van der Waals surface area contributed by atoms with E-state index in [0.717, 1.165) is 0 Å². The summed E-state index contributed by atoms with van der Waals surface area (Å²) >= 11 is 0. The summed E-state index contributed by atoms with van der Waals surface area (Å²) in [5.74, 6) is -3.44. The predicted molar refractivity (Wildman–Crippen MR) is 189 cm³/mol. The third-order valence-corrected chi connectivity index (χ3v) is 12.6. The zero-order valence-corrected chi connectivity index (χ0v) is 30.9. The van der Waals surface area contributed by atoms with Crippen molar-refractivity contribution in [1.82, 2.24) is 25.2 Å². The van der Waals surface area contributed by atoms with Gasteiger partial charge in [0, 0.05) is 29.9 Å². The van der Waals surface area contributed by atoms with Crippen LogP contribution in [0.4, 0.5) is 9.18 Å². The van der Waals surface area contributed by atoms with Gasteiger partial charge in [-0.1, -0.05) is 32.4 Å². The minimum Gasteiger partial charge on any atom is -0.494 e. The Morgan fingerprint density at radius 2 is 1.87 bits per heavy atom. The molecule has 288 valence electrons. The number of rotatable bonds is 9. The average molecular weight is 760 g/mol. The number of carboxylic acid groups (broad SMARTS) is 1. The third-order valence-electron chi connectivity index (χ3n) is 10.8. The molecule has 1 aromatic heterocycles. The topological polar surface area (TPSA) is 203 Å². The second kappa shape index (κ2) is 15.0. The lowest BCUT2D eigenvalue weighted by Gasteiger charge is -2.33. The van der Waals surface area contributed by atoms with Crippen LogP contribution in [0, 0.1) is 23.6 Å². The number of methoxy groups -OCH3 is 2. The van der Waals surface area contributed by atoms with Crippen molar-refractivity contribution in [2.24, 2.45) is 17.8 Å². The lowest BCUT2D eigenvalue weighted by Crippen LogP contribution is -2.59. The molecule has 0 bridgehead atoms. The van der Waals surface area contributed by atoms with Crippen LogP contribution in [0.2, 0.25) is 0 Å². The monoisotopic (exact) mass is 759 g/mol. The van der Waals surface area contributed by atoms with Crippen LogP contribution in [0.5, 0.6) is 17.4 Å². The Morgan fingerprint density at radius 1 is 1.11 bits per heavy atom. The summed E-state index contributed by atoms with van der Waals surface area (Å²) in [4.78, 5) is 60.3. The molecular weight excluding hydrogens is 713 g/mol. The number of nitrogens with zero attached hydrogens (tertiary/aromatic N) is 2. The Morgan fingerprint density at radius 3 is 2.53 bits per heavy atom. The first-order valence-electron chi connectivity index (χ1n) is 17.9. The highest BCUT2D eigenvalue weighted by atomic mass is 32.2. The molecule has 1 saturated heterocycles. The third kappa shape index (κ3) is 7.99. The zero-order chi connectivity index (χ0) is 38.2. The molecule has 4 aliphatic rings. The summed E-state index contributed by atoms with van der Waals surface area (Å²) in [6.07, 6.45) is 4.74. The number of hydrogen-bond donors (Lipinski definition) is 4. The van der Waals surface area contributed by atoms with Crippen molar-refractivity contribution in [2.45, 2.75) is 94.2 Å². The first-order chi connectivity index (χ1) is 25.2. The number of amides is 4. The molecule has 4 amide bonds. The van der Waals surface area contributed by atoms with Crippen LogP contribution in [-0.4, -0.2) is 97.0 Å². The first kappa shape index (κ1) is 38.1. The van der Waals surface area contributed by atoms with E-state index in [-0.39, 0.29) is 48.1 Å². The van der Waals surface area contributed by atoms with Gasteiger partial charge in [-0.2, -0.15) is 0 Å². The van der Waals surface area contributed by atoms with Gasteiger partial charge in [0.15, 0.2) is 11.6 Å². The van der Waals surface area contributed by atoms with Crippen LogP contribution in [0.25, 0.3) is 10.9 Å². The fourth-order valence-electron chi connectivity index (χ4n) is 7.56.